The van der Waals surface area contributed by atoms with Crippen LogP contribution >= 0.6 is 0 Å². The standard InChI is InChI=1S/C17H26N6O2/c1-3-23-15(19-20-17(23)25)11-14-5-9-21(10-6-14)16(24)13(2)12-22-8-4-7-18-22/h4,7-8,13-14H,3,5-6,9-12H2,1-2H3,(H,20,25). The van der Waals surface area contributed by atoms with E-state index in [0.717, 1.165) is 38.2 Å². The highest BCUT2D eigenvalue weighted by Crippen LogP contribution is 2.22. The van der Waals surface area contributed by atoms with E-state index in [4.69, 9.17) is 0 Å². The number of rotatable bonds is 6. The number of aromatic amines is 1. The predicted molar refractivity (Wildman–Crippen MR) is 92.9 cm³/mol. The zero-order valence-electron chi connectivity index (χ0n) is 14.9. The minimum atomic E-state index is -0.141. The maximum Gasteiger partial charge on any atom is 0.343 e. The first-order valence-electron chi connectivity index (χ1n) is 8.98. The SMILES string of the molecule is CCn1c(CC2CCN(C(=O)C(C)Cn3cccn3)CC2)n[nH]c1=O. The molecule has 1 fully saturated rings. The molecule has 136 valence electrons. The van der Waals surface area contributed by atoms with Crippen LogP contribution in [0.5, 0.6) is 0 Å². The van der Waals surface area contributed by atoms with Crippen molar-refractivity contribution in [1.29, 1.82) is 0 Å². The summed E-state index contributed by atoms with van der Waals surface area (Å²) in [5, 5.41) is 10.8. The Labute approximate surface area is 146 Å². The fraction of sp³-hybridized carbons (Fsp3) is 0.647. The number of piperidine rings is 1. The molecule has 1 saturated heterocycles. The van der Waals surface area contributed by atoms with Crippen molar-refractivity contribution in [2.24, 2.45) is 11.8 Å². The molecule has 0 saturated carbocycles. The van der Waals surface area contributed by atoms with E-state index < -0.39 is 0 Å². The van der Waals surface area contributed by atoms with Gasteiger partial charge < -0.3 is 4.90 Å². The number of carbonyl (C=O) groups is 1. The quantitative estimate of drug-likeness (QED) is 0.842. The Bertz CT molecular complexity index is 740. The molecule has 0 aliphatic carbocycles. The first kappa shape index (κ1) is 17.4. The van der Waals surface area contributed by atoms with Crippen molar-refractivity contribution in [3.63, 3.8) is 0 Å². The van der Waals surface area contributed by atoms with E-state index in [2.05, 4.69) is 15.3 Å². The van der Waals surface area contributed by atoms with E-state index in [1.807, 2.05) is 31.0 Å². The van der Waals surface area contributed by atoms with E-state index in [1.54, 1.807) is 15.4 Å². The Balaban J connectivity index is 1.51. The summed E-state index contributed by atoms with van der Waals surface area (Å²) < 4.78 is 3.49. The van der Waals surface area contributed by atoms with Gasteiger partial charge in [0.05, 0.1) is 12.5 Å². The molecule has 3 rings (SSSR count). The van der Waals surface area contributed by atoms with Gasteiger partial charge in [0.15, 0.2) is 0 Å². The lowest BCUT2D eigenvalue weighted by Crippen LogP contribution is -2.42. The van der Waals surface area contributed by atoms with Gasteiger partial charge in [-0.2, -0.15) is 10.2 Å². The molecule has 1 aliphatic rings. The summed E-state index contributed by atoms with van der Waals surface area (Å²) >= 11 is 0. The summed E-state index contributed by atoms with van der Waals surface area (Å²) in [6.45, 7) is 6.69. The first-order chi connectivity index (χ1) is 12.1. The number of amides is 1. The van der Waals surface area contributed by atoms with E-state index in [0.29, 0.717) is 19.0 Å². The molecule has 3 heterocycles. The molecule has 0 aromatic carbocycles. The summed E-state index contributed by atoms with van der Waals surface area (Å²) in [7, 11) is 0. The van der Waals surface area contributed by atoms with Crippen LogP contribution in [0.15, 0.2) is 23.3 Å². The van der Waals surface area contributed by atoms with Gasteiger partial charge in [0.1, 0.15) is 5.82 Å². The minimum absolute atomic E-state index is 0.0759. The highest BCUT2D eigenvalue weighted by atomic mass is 16.2. The number of carbonyl (C=O) groups excluding carboxylic acids is 1. The van der Waals surface area contributed by atoms with Crippen molar-refractivity contribution in [3.05, 3.63) is 34.8 Å². The number of aromatic nitrogens is 5. The van der Waals surface area contributed by atoms with Gasteiger partial charge in [-0.15, -0.1) is 0 Å². The van der Waals surface area contributed by atoms with E-state index in [-0.39, 0.29) is 17.5 Å². The molecule has 1 unspecified atom stereocenters. The van der Waals surface area contributed by atoms with Gasteiger partial charge in [0.25, 0.3) is 0 Å². The molecule has 0 spiro atoms. The normalized spacial score (nSPS) is 17.0. The zero-order valence-corrected chi connectivity index (χ0v) is 14.9. The van der Waals surface area contributed by atoms with Gasteiger partial charge in [-0.3, -0.25) is 14.0 Å². The third-order valence-electron chi connectivity index (χ3n) is 4.99. The Morgan fingerprint density at radius 2 is 2.16 bits per heavy atom. The zero-order chi connectivity index (χ0) is 17.8. The highest BCUT2D eigenvalue weighted by molar-refractivity contribution is 5.78. The number of hydrogen-bond donors (Lipinski definition) is 1. The molecule has 2 aromatic rings. The highest BCUT2D eigenvalue weighted by Gasteiger charge is 2.27. The topological polar surface area (TPSA) is 88.8 Å². The first-order valence-corrected chi connectivity index (χ1v) is 8.98. The lowest BCUT2D eigenvalue weighted by atomic mass is 9.92. The summed E-state index contributed by atoms with van der Waals surface area (Å²) in [6.07, 6.45) is 6.30. The second-order valence-corrected chi connectivity index (χ2v) is 6.79. The van der Waals surface area contributed by atoms with Gasteiger partial charge in [-0.25, -0.2) is 9.89 Å². The van der Waals surface area contributed by atoms with E-state index >= 15 is 0 Å². The Morgan fingerprint density at radius 1 is 1.40 bits per heavy atom. The molecule has 25 heavy (non-hydrogen) atoms. The molecule has 1 atom stereocenters. The number of nitrogens with zero attached hydrogens (tertiary/aromatic N) is 5. The summed E-state index contributed by atoms with van der Waals surface area (Å²) in [6, 6.07) is 1.87. The van der Waals surface area contributed by atoms with E-state index in [1.165, 1.54) is 0 Å². The van der Waals surface area contributed by atoms with Crippen molar-refractivity contribution in [1.82, 2.24) is 29.4 Å². The van der Waals surface area contributed by atoms with Crippen LogP contribution in [0, 0.1) is 11.8 Å². The lowest BCUT2D eigenvalue weighted by molar-refractivity contribution is -0.136. The van der Waals surface area contributed by atoms with Crippen LogP contribution < -0.4 is 5.69 Å². The maximum atomic E-state index is 12.6. The summed E-state index contributed by atoms with van der Waals surface area (Å²) in [5.41, 5.74) is -0.141. The van der Waals surface area contributed by atoms with Crippen LogP contribution in [-0.2, 0) is 24.3 Å². The van der Waals surface area contributed by atoms with Crippen molar-refractivity contribution in [2.75, 3.05) is 13.1 Å². The third-order valence-corrected chi connectivity index (χ3v) is 4.99. The van der Waals surface area contributed by atoms with Gasteiger partial charge in [-0.05, 0) is 31.7 Å². The van der Waals surface area contributed by atoms with Crippen LogP contribution in [0.25, 0.3) is 0 Å². The van der Waals surface area contributed by atoms with Crippen LogP contribution in [0.4, 0.5) is 0 Å². The monoisotopic (exact) mass is 346 g/mol. The molecule has 0 radical (unpaired) electrons. The molecular weight excluding hydrogens is 320 g/mol. The van der Waals surface area contributed by atoms with Gasteiger partial charge in [-0.1, -0.05) is 6.92 Å². The van der Waals surface area contributed by atoms with Crippen molar-refractivity contribution in [3.8, 4) is 0 Å². The Hall–Kier alpha value is -2.38. The fourth-order valence-electron chi connectivity index (χ4n) is 3.53. The second kappa shape index (κ2) is 7.67. The maximum absolute atomic E-state index is 12.6. The van der Waals surface area contributed by atoms with Crippen molar-refractivity contribution in [2.45, 2.75) is 46.2 Å². The second-order valence-electron chi connectivity index (χ2n) is 6.79. The molecule has 0 bridgehead atoms. The number of likely N-dealkylation sites (tertiary alicyclic amines) is 1. The molecule has 2 aromatic heterocycles. The minimum Gasteiger partial charge on any atom is -0.342 e. The average molecular weight is 346 g/mol. The van der Waals surface area contributed by atoms with Gasteiger partial charge >= 0.3 is 5.69 Å². The molecule has 8 nitrogen and oxygen atoms in total. The number of H-pyrrole nitrogens is 1. The van der Waals surface area contributed by atoms with Crippen molar-refractivity contribution >= 4 is 5.91 Å². The van der Waals surface area contributed by atoms with Crippen LogP contribution in [0.2, 0.25) is 0 Å². The summed E-state index contributed by atoms with van der Waals surface area (Å²) in [4.78, 5) is 26.2. The van der Waals surface area contributed by atoms with Gasteiger partial charge in [0, 0.05) is 38.4 Å². The number of nitrogens with one attached hydrogen (secondary N) is 1. The Kier molecular flexibility index (Phi) is 5.35. The smallest absolute Gasteiger partial charge is 0.342 e. The van der Waals surface area contributed by atoms with E-state index in [9.17, 15) is 9.59 Å². The van der Waals surface area contributed by atoms with Gasteiger partial charge in [0.2, 0.25) is 5.91 Å². The van der Waals surface area contributed by atoms with Crippen LogP contribution in [-0.4, -0.2) is 48.4 Å². The molecule has 1 aliphatic heterocycles. The lowest BCUT2D eigenvalue weighted by Gasteiger charge is -2.33. The molecule has 8 heteroatoms. The predicted octanol–water partition coefficient (Wildman–Crippen LogP) is 0.905. The molecule has 1 amide bonds. The Morgan fingerprint density at radius 3 is 2.80 bits per heavy atom. The average Bonchev–Trinajstić information content (AvgIpc) is 3.24. The number of hydrogen-bond acceptors (Lipinski definition) is 4. The van der Waals surface area contributed by atoms with Crippen molar-refractivity contribution < 1.29 is 4.79 Å². The van der Waals surface area contributed by atoms with Crippen LogP contribution in [0.3, 0.4) is 0 Å². The molecule has 1 N–H and O–H groups in total. The summed E-state index contributed by atoms with van der Waals surface area (Å²) in [5.74, 6) is 1.41. The largest absolute Gasteiger partial charge is 0.343 e. The molecular formula is C17H26N6O2. The van der Waals surface area contributed by atoms with Crippen LogP contribution in [0.1, 0.15) is 32.5 Å². The third kappa shape index (κ3) is 4.00. The fourth-order valence-corrected chi connectivity index (χ4v) is 3.53.